The monoisotopic (exact) mass is 376 g/mol. The van der Waals surface area contributed by atoms with Crippen LogP contribution in [0.4, 0.5) is 9.59 Å². The molecule has 102 valence electrons. The zero-order valence-corrected chi connectivity index (χ0v) is 12.1. The second-order valence-electron chi connectivity index (χ2n) is 4.18. The number of hydrogen-bond donors (Lipinski definition) is 2. The minimum absolute atomic E-state index is 0.536. The molecule has 0 bridgehead atoms. The molecule has 0 saturated carbocycles. The van der Waals surface area contributed by atoms with Gasteiger partial charge < -0.3 is 20.9 Å². The predicted molar refractivity (Wildman–Crippen MR) is 75.3 cm³/mol. The van der Waals surface area contributed by atoms with Crippen LogP contribution < -0.4 is 11.5 Å². The Bertz CT molecular complexity index is 520. The van der Waals surface area contributed by atoms with Gasteiger partial charge in [-0.2, -0.15) is 0 Å². The largest absolute Gasteiger partial charge is 0.442 e. The highest BCUT2D eigenvalue weighted by Crippen LogP contribution is 2.37. The van der Waals surface area contributed by atoms with Crippen molar-refractivity contribution in [1.82, 2.24) is 0 Å². The van der Waals surface area contributed by atoms with Crippen LogP contribution >= 0.6 is 22.6 Å². The zero-order valence-electron chi connectivity index (χ0n) is 9.97. The van der Waals surface area contributed by atoms with E-state index in [0.29, 0.717) is 6.42 Å². The summed E-state index contributed by atoms with van der Waals surface area (Å²) in [5.41, 5.74) is 12.0. The van der Waals surface area contributed by atoms with Gasteiger partial charge in [-0.3, -0.25) is 0 Å². The van der Waals surface area contributed by atoms with E-state index in [1.165, 1.54) is 0 Å². The van der Waals surface area contributed by atoms with Gasteiger partial charge >= 0.3 is 12.2 Å². The maximum Gasteiger partial charge on any atom is 0.405 e. The molecule has 6 nitrogen and oxygen atoms in total. The second-order valence-corrected chi connectivity index (χ2v) is 5.35. The van der Waals surface area contributed by atoms with Crippen LogP contribution in [-0.2, 0) is 15.9 Å². The van der Waals surface area contributed by atoms with Gasteiger partial charge in [0.1, 0.15) is 6.10 Å². The van der Waals surface area contributed by atoms with E-state index in [0.717, 1.165) is 21.1 Å². The molecule has 0 saturated heterocycles. The number of halogens is 1. The summed E-state index contributed by atoms with van der Waals surface area (Å²) in [6.07, 6.45) is -1.85. The molecule has 1 aromatic carbocycles. The Labute approximate surface area is 123 Å². The standard InChI is InChI=1S/C12H13IN2O4/c13-7-3-1-2-6-4-5-8(18-11(14)16)10(9(6)7)19-12(15)17/h1-3,8,10H,4-5H2,(H2,14,16)(H2,15,17)/t8-,10-/m0/s1. The summed E-state index contributed by atoms with van der Waals surface area (Å²) in [5, 5.41) is 0. The van der Waals surface area contributed by atoms with Crippen molar-refractivity contribution in [3.63, 3.8) is 0 Å². The number of fused-ring (bicyclic) bond motifs is 1. The van der Waals surface area contributed by atoms with Crippen LogP contribution in [0.1, 0.15) is 23.7 Å². The number of carbonyl (C=O) groups is 2. The number of hydrogen-bond acceptors (Lipinski definition) is 4. The minimum atomic E-state index is -0.907. The number of carbonyl (C=O) groups excluding carboxylic acids is 2. The number of primary amides is 2. The Hall–Kier alpha value is -1.51. The molecule has 0 radical (unpaired) electrons. The Morgan fingerprint density at radius 2 is 1.89 bits per heavy atom. The van der Waals surface area contributed by atoms with Crippen molar-refractivity contribution in [2.75, 3.05) is 0 Å². The molecule has 0 aromatic heterocycles. The van der Waals surface area contributed by atoms with Crippen LogP contribution in [0.2, 0.25) is 0 Å². The maximum atomic E-state index is 11.0. The SMILES string of the molecule is NC(=O)O[C@H]1CCc2cccc(I)c2[C@H]1OC(N)=O. The molecule has 1 aromatic rings. The van der Waals surface area contributed by atoms with Gasteiger partial charge in [-0.05, 0) is 47.1 Å². The molecule has 0 spiro atoms. The fourth-order valence-electron chi connectivity index (χ4n) is 2.28. The lowest BCUT2D eigenvalue weighted by Gasteiger charge is -2.32. The van der Waals surface area contributed by atoms with Crippen molar-refractivity contribution in [1.29, 1.82) is 0 Å². The molecule has 0 aliphatic heterocycles. The van der Waals surface area contributed by atoms with Gasteiger partial charge in [0.25, 0.3) is 0 Å². The summed E-state index contributed by atoms with van der Waals surface area (Å²) in [4.78, 5) is 22.0. The summed E-state index contributed by atoms with van der Waals surface area (Å²) < 4.78 is 11.1. The molecule has 7 heteroatoms. The summed E-state index contributed by atoms with van der Waals surface area (Å²) >= 11 is 2.15. The molecule has 0 fully saturated rings. The van der Waals surface area contributed by atoms with Gasteiger partial charge in [0, 0.05) is 9.13 Å². The van der Waals surface area contributed by atoms with E-state index in [-0.39, 0.29) is 0 Å². The van der Waals surface area contributed by atoms with Crippen molar-refractivity contribution >= 4 is 34.8 Å². The zero-order chi connectivity index (χ0) is 14.0. The van der Waals surface area contributed by atoms with Crippen molar-refractivity contribution in [3.8, 4) is 0 Å². The second kappa shape index (κ2) is 5.64. The molecule has 1 aliphatic rings. The van der Waals surface area contributed by atoms with Crippen LogP contribution in [0.25, 0.3) is 0 Å². The predicted octanol–water partition coefficient (Wildman–Crippen LogP) is 1.84. The third kappa shape index (κ3) is 3.09. The minimum Gasteiger partial charge on any atom is -0.442 e. The molecule has 4 N–H and O–H groups in total. The Kier molecular flexibility index (Phi) is 4.13. The van der Waals surface area contributed by atoms with Crippen LogP contribution in [0.3, 0.4) is 0 Å². The Morgan fingerprint density at radius 3 is 2.53 bits per heavy atom. The summed E-state index contributed by atoms with van der Waals surface area (Å²) in [5.74, 6) is 0. The maximum absolute atomic E-state index is 11.0. The van der Waals surface area contributed by atoms with E-state index < -0.39 is 24.4 Å². The van der Waals surface area contributed by atoms with Crippen molar-refractivity contribution in [2.45, 2.75) is 25.0 Å². The smallest absolute Gasteiger partial charge is 0.405 e. The highest BCUT2D eigenvalue weighted by atomic mass is 127. The van der Waals surface area contributed by atoms with E-state index in [1.54, 1.807) is 0 Å². The lowest BCUT2D eigenvalue weighted by molar-refractivity contribution is -0.0146. The lowest BCUT2D eigenvalue weighted by atomic mass is 9.87. The quantitative estimate of drug-likeness (QED) is 0.769. The van der Waals surface area contributed by atoms with E-state index in [9.17, 15) is 9.59 Å². The number of amides is 2. The highest BCUT2D eigenvalue weighted by Gasteiger charge is 2.36. The topological polar surface area (TPSA) is 105 Å². The molecule has 0 heterocycles. The molecule has 2 rings (SSSR count). The van der Waals surface area contributed by atoms with Gasteiger partial charge in [0.2, 0.25) is 0 Å². The van der Waals surface area contributed by atoms with E-state index in [2.05, 4.69) is 22.6 Å². The van der Waals surface area contributed by atoms with Crippen LogP contribution in [0.5, 0.6) is 0 Å². The van der Waals surface area contributed by atoms with E-state index in [1.807, 2.05) is 18.2 Å². The van der Waals surface area contributed by atoms with Crippen molar-refractivity contribution in [2.24, 2.45) is 11.5 Å². The fourth-order valence-corrected chi connectivity index (χ4v) is 3.14. The van der Waals surface area contributed by atoms with Crippen molar-refractivity contribution in [3.05, 3.63) is 32.9 Å². The highest BCUT2D eigenvalue weighted by molar-refractivity contribution is 14.1. The number of nitrogens with two attached hydrogens (primary N) is 2. The summed E-state index contributed by atoms with van der Waals surface area (Å²) in [6.45, 7) is 0. The van der Waals surface area contributed by atoms with E-state index >= 15 is 0 Å². The molecule has 19 heavy (non-hydrogen) atoms. The Morgan fingerprint density at radius 1 is 1.21 bits per heavy atom. The number of ether oxygens (including phenoxy) is 2. The number of rotatable bonds is 2. The third-order valence-corrected chi connectivity index (χ3v) is 3.91. The van der Waals surface area contributed by atoms with Gasteiger partial charge in [0.05, 0.1) is 0 Å². The van der Waals surface area contributed by atoms with Gasteiger partial charge in [-0.15, -0.1) is 0 Å². The average Bonchev–Trinajstić information content (AvgIpc) is 2.31. The van der Waals surface area contributed by atoms with Gasteiger partial charge in [0.15, 0.2) is 6.10 Å². The number of aryl methyl sites for hydroxylation is 1. The molecule has 2 atom stereocenters. The molecule has 2 amide bonds. The molecular weight excluding hydrogens is 363 g/mol. The van der Waals surface area contributed by atoms with Gasteiger partial charge in [-0.25, -0.2) is 9.59 Å². The summed E-state index contributed by atoms with van der Waals surface area (Å²) in [6, 6.07) is 5.77. The first-order valence-corrected chi connectivity index (χ1v) is 6.76. The fraction of sp³-hybridized carbons (Fsp3) is 0.333. The lowest BCUT2D eigenvalue weighted by Crippen LogP contribution is -2.36. The number of benzene rings is 1. The van der Waals surface area contributed by atoms with Crippen LogP contribution in [0.15, 0.2) is 18.2 Å². The van der Waals surface area contributed by atoms with Gasteiger partial charge in [-0.1, -0.05) is 12.1 Å². The van der Waals surface area contributed by atoms with E-state index in [4.69, 9.17) is 20.9 Å². The Balaban J connectivity index is 2.39. The van der Waals surface area contributed by atoms with Crippen LogP contribution in [-0.4, -0.2) is 18.3 Å². The normalized spacial score (nSPS) is 21.3. The van der Waals surface area contributed by atoms with Crippen LogP contribution in [0, 0.1) is 3.57 Å². The third-order valence-electron chi connectivity index (χ3n) is 2.97. The molecule has 0 unspecified atom stereocenters. The van der Waals surface area contributed by atoms with Crippen molar-refractivity contribution < 1.29 is 19.1 Å². The first kappa shape index (κ1) is 13.9. The summed E-state index contributed by atoms with van der Waals surface area (Å²) in [7, 11) is 0. The average molecular weight is 376 g/mol. The first-order valence-electron chi connectivity index (χ1n) is 5.68. The molecular formula is C12H13IN2O4. The first-order chi connectivity index (χ1) is 8.99. The molecule has 1 aliphatic carbocycles.